The quantitative estimate of drug-likeness (QED) is 0.410. The van der Waals surface area contributed by atoms with Crippen molar-refractivity contribution in [3.05, 3.63) is 47.5 Å². The third kappa shape index (κ3) is 4.35. The van der Waals surface area contributed by atoms with E-state index >= 15 is 0 Å². The van der Waals surface area contributed by atoms with Crippen molar-refractivity contribution in [2.24, 2.45) is 0 Å². The first-order valence-electron chi connectivity index (χ1n) is 12.7. The number of benzene rings is 1. The number of aromatic nitrogens is 6. The highest BCUT2D eigenvalue weighted by Gasteiger charge is 2.36. The molecule has 5 rings (SSSR count). The summed E-state index contributed by atoms with van der Waals surface area (Å²) in [5, 5.41) is 14.9. The second-order valence-electron chi connectivity index (χ2n) is 10.2. The third-order valence-electron chi connectivity index (χ3n) is 6.86. The maximum absolute atomic E-state index is 12.9. The van der Waals surface area contributed by atoms with Crippen LogP contribution >= 0.6 is 0 Å². The van der Waals surface area contributed by atoms with Crippen LogP contribution in [0.25, 0.3) is 21.8 Å². The summed E-state index contributed by atoms with van der Waals surface area (Å²) in [7, 11) is 0. The predicted octanol–water partition coefficient (Wildman–Crippen LogP) is 3.36. The monoisotopic (exact) mass is 490 g/mol. The van der Waals surface area contributed by atoms with Crippen LogP contribution in [-0.2, 0) is 10.3 Å². The molecule has 10 heteroatoms. The molecule has 36 heavy (non-hydrogen) atoms. The number of nitrogens with one attached hydrogen (secondary N) is 1. The number of rotatable bonds is 6. The van der Waals surface area contributed by atoms with E-state index in [4.69, 9.17) is 9.72 Å². The lowest BCUT2D eigenvalue weighted by Crippen LogP contribution is -2.48. The van der Waals surface area contributed by atoms with E-state index in [1.165, 1.54) is 0 Å². The number of carbonyl (C=O) groups excluding carboxylic acids is 1. The van der Waals surface area contributed by atoms with Crippen LogP contribution in [0.4, 0.5) is 0 Å². The van der Waals surface area contributed by atoms with E-state index in [0.29, 0.717) is 5.82 Å². The van der Waals surface area contributed by atoms with E-state index in [0.717, 1.165) is 60.2 Å². The molecule has 1 fully saturated rings. The van der Waals surface area contributed by atoms with Crippen LogP contribution in [-0.4, -0.2) is 85.3 Å². The van der Waals surface area contributed by atoms with Crippen LogP contribution in [0, 0.1) is 0 Å². The van der Waals surface area contributed by atoms with Gasteiger partial charge in [-0.25, -0.2) is 14.5 Å². The largest absolute Gasteiger partial charge is 0.461 e. The molecule has 1 saturated heterocycles. The van der Waals surface area contributed by atoms with Gasteiger partial charge in [0.1, 0.15) is 11.7 Å². The first kappa shape index (κ1) is 24.3. The van der Waals surface area contributed by atoms with Gasteiger partial charge >= 0.3 is 5.97 Å². The van der Waals surface area contributed by atoms with E-state index in [-0.39, 0.29) is 23.9 Å². The zero-order valence-electron chi connectivity index (χ0n) is 21.7. The number of likely N-dealkylation sites (N-methyl/N-ethyl adjacent to an activating group) is 1. The van der Waals surface area contributed by atoms with Gasteiger partial charge in [0, 0.05) is 42.5 Å². The fraction of sp³-hybridized carbons (Fsp3) is 0.500. The summed E-state index contributed by atoms with van der Waals surface area (Å²) in [6.07, 6.45) is 0. The van der Waals surface area contributed by atoms with Gasteiger partial charge in [0.2, 0.25) is 0 Å². The fourth-order valence-electron chi connectivity index (χ4n) is 5.02. The molecular formula is C26H34N8O2. The minimum absolute atomic E-state index is 0.284. The highest BCUT2D eigenvalue weighted by Crippen LogP contribution is 2.36. The van der Waals surface area contributed by atoms with Crippen LogP contribution in [0.2, 0.25) is 0 Å². The van der Waals surface area contributed by atoms with Crippen molar-refractivity contribution in [2.75, 3.05) is 39.3 Å². The van der Waals surface area contributed by atoms with Crippen molar-refractivity contribution in [1.29, 1.82) is 0 Å². The average Bonchev–Trinajstić information content (AvgIpc) is 3.50. The minimum atomic E-state index is -0.434. The normalized spacial score (nSPS) is 16.6. The van der Waals surface area contributed by atoms with Crippen LogP contribution in [0.15, 0.2) is 30.3 Å². The number of aromatic amines is 1. The summed E-state index contributed by atoms with van der Waals surface area (Å²) in [4.78, 5) is 26.3. The first-order valence-corrected chi connectivity index (χ1v) is 12.7. The molecule has 4 aromatic rings. The maximum Gasteiger partial charge on any atom is 0.356 e. The number of tetrazole rings is 1. The number of carbonyl (C=O) groups is 1. The summed E-state index contributed by atoms with van der Waals surface area (Å²) >= 11 is 0. The fourth-order valence-corrected chi connectivity index (χ4v) is 5.02. The Kier molecular flexibility index (Phi) is 6.48. The van der Waals surface area contributed by atoms with Crippen molar-refractivity contribution in [3.63, 3.8) is 0 Å². The van der Waals surface area contributed by atoms with Crippen molar-refractivity contribution in [3.8, 4) is 0 Å². The van der Waals surface area contributed by atoms with Gasteiger partial charge in [-0.1, -0.05) is 25.1 Å². The maximum atomic E-state index is 12.9. The molecule has 0 amide bonds. The van der Waals surface area contributed by atoms with Gasteiger partial charge in [0.25, 0.3) is 0 Å². The molecule has 1 unspecified atom stereocenters. The zero-order chi connectivity index (χ0) is 25.4. The van der Waals surface area contributed by atoms with Gasteiger partial charge < -0.3 is 14.6 Å². The van der Waals surface area contributed by atoms with Gasteiger partial charge in [0.05, 0.1) is 23.4 Å². The summed E-state index contributed by atoms with van der Waals surface area (Å²) < 4.78 is 7.24. The molecule has 10 nitrogen and oxygen atoms in total. The number of para-hydroxylation sites is 1. The Bertz CT molecular complexity index is 1380. The number of esters is 1. The summed E-state index contributed by atoms with van der Waals surface area (Å²) in [5.74, 6) is 0.275. The average molecular weight is 491 g/mol. The minimum Gasteiger partial charge on any atom is -0.461 e. The molecule has 1 aromatic carbocycles. The molecule has 0 radical (unpaired) electrons. The Morgan fingerprint density at radius 1 is 1.11 bits per heavy atom. The lowest BCUT2D eigenvalue weighted by molar-refractivity contribution is 0.0518. The predicted molar refractivity (Wildman–Crippen MR) is 138 cm³/mol. The van der Waals surface area contributed by atoms with Gasteiger partial charge in [-0.2, -0.15) is 0 Å². The van der Waals surface area contributed by atoms with Crippen molar-refractivity contribution < 1.29 is 9.53 Å². The van der Waals surface area contributed by atoms with Crippen molar-refractivity contribution in [1.82, 2.24) is 40.0 Å². The van der Waals surface area contributed by atoms with Gasteiger partial charge in [0.15, 0.2) is 5.82 Å². The number of piperazine rings is 1. The van der Waals surface area contributed by atoms with E-state index in [1.54, 1.807) is 6.92 Å². The molecule has 0 saturated carbocycles. The Labute approximate surface area is 210 Å². The van der Waals surface area contributed by atoms with E-state index in [9.17, 15) is 4.79 Å². The SMILES string of the molecule is CCOC(=O)c1cc2c([nH]c3ccccc32)c(C(c2nnnn2C(C)(C)C)N2CCN(CC)CC2)n1. The van der Waals surface area contributed by atoms with E-state index in [1.807, 2.05) is 28.9 Å². The Hall–Kier alpha value is -3.37. The number of fused-ring (bicyclic) bond motifs is 3. The molecule has 190 valence electrons. The first-order chi connectivity index (χ1) is 17.3. The topological polar surface area (TPSA) is 105 Å². The molecule has 1 aliphatic heterocycles. The number of hydrogen-bond donors (Lipinski definition) is 1. The van der Waals surface area contributed by atoms with Gasteiger partial charge in [-0.3, -0.25) is 4.90 Å². The standard InChI is InChI=1S/C26H34N8O2/c1-6-32-12-14-33(15-13-32)23(24-29-30-31-34(24)26(3,4)5)22-21-18(16-20(28-22)25(35)36-7-2)17-10-8-9-11-19(17)27-21/h8-11,16,23,27H,6-7,12-15H2,1-5H3. The van der Waals surface area contributed by atoms with Gasteiger partial charge in [-0.15, -0.1) is 5.10 Å². The number of H-pyrrole nitrogens is 1. The Morgan fingerprint density at radius 2 is 1.86 bits per heavy atom. The molecule has 1 atom stereocenters. The van der Waals surface area contributed by atoms with Crippen molar-refractivity contribution >= 4 is 27.8 Å². The zero-order valence-corrected chi connectivity index (χ0v) is 21.7. The highest BCUT2D eigenvalue weighted by molar-refractivity contribution is 6.09. The smallest absolute Gasteiger partial charge is 0.356 e. The molecule has 0 bridgehead atoms. The summed E-state index contributed by atoms with van der Waals surface area (Å²) in [5.41, 5.74) is 2.56. The Morgan fingerprint density at radius 3 is 2.56 bits per heavy atom. The molecule has 1 N–H and O–H groups in total. The number of ether oxygens (including phenoxy) is 1. The van der Waals surface area contributed by atoms with E-state index in [2.05, 4.69) is 64.1 Å². The lowest BCUT2D eigenvalue weighted by Gasteiger charge is -2.38. The molecule has 3 aromatic heterocycles. The van der Waals surface area contributed by atoms with Crippen LogP contribution in [0.5, 0.6) is 0 Å². The summed E-state index contributed by atoms with van der Waals surface area (Å²) in [6.45, 7) is 15.1. The Balaban J connectivity index is 1.76. The highest BCUT2D eigenvalue weighted by atomic mass is 16.5. The third-order valence-corrected chi connectivity index (χ3v) is 6.86. The van der Waals surface area contributed by atoms with Gasteiger partial charge in [-0.05, 0) is 56.8 Å². The van der Waals surface area contributed by atoms with Crippen LogP contribution in [0.3, 0.4) is 0 Å². The number of hydrogen-bond acceptors (Lipinski definition) is 8. The number of nitrogens with zero attached hydrogens (tertiary/aromatic N) is 7. The lowest BCUT2D eigenvalue weighted by atomic mass is 10.0. The van der Waals surface area contributed by atoms with Crippen LogP contribution in [0.1, 0.15) is 62.7 Å². The molecule has 0 spiro atoms. The molecule has 4 heterocycles. The number of pyridine rings is 1. The second kappa shape index (κ2) is 9.59. The van der Waals surface area contributed by atoms with Crippen LogP contribution < -0.4 is 0 Å². The molecule has 0 aliphatic carbocycles. The molecule has 1 aliphatic rings. The van der Waals surface area contributed by atoms with E-state index < -0.39 is 5.97 Å². The summed E-state index contributed by atoms with van der Waals surface area (Å²) in [6, 6.07) is 9.58. The van der Waals surface area contributed by atoms with Crippen molar-refractivity contribution in [2.45, 2.75) is 46.2 Å². The molecular weight excluding hydrogens is 456 g/mol. The second-order valence-corrected chi connectivity index (χ2v) is 10.2.